The van der Waals surface area contributed by atoms with E-state index < -0.39 is 9.84 Å². The van der Waals surface area contributed by atoms with Crippen LogP contribution in [0, 0.1) is 0 Å². The lowest BCUT2D eigenvalue weighted by atomic mass is 10.1. The molecular weight excluding hydrogens is 352 g/mol. The Labute approximate surface area is 152 Å². The monoisotopic (exact) mass is 376 g/mol. The summed E-state index contributed by atoms with van der Waals surface area (Å²) in [6, 6.07) is 7.55. The number of H-pyrrole nitrogens is 1. The normalized spacial score (nSPS) is 25.5. The maximum absolute atomic E-state index is 12.3. The molecule has 4 rings (SSSR count). The molecule has 2 aliphatic rings. The zero-order valence-electron chi connectivity index (χ0n) is 14.9. The van der Waals surface area contributed by atoms with Crippen LogP contribution in [0.4, 0.5) is 0 Å². The Morgan fingerprint density at radius 3 is 2.62 bits per heavy atom. The number of para-hydroxylation sites is 1. The van der Waals surface area contributed by atoms with Crippen LogP contribution in [0.15, 0.2) is 29.1 Å². The molecule has 0 radical (unpaired) electrons. The van der Waals surface area contributed by atoms with Gasteiger partial charge < -0.3 is 4.98 Å². The Balaban J connectivity index is 1.45. The predicted octanol–water partition coefficient (Wildman–Crippen LogP) is 0.789. The maximum atomic E-state index is 12.3. The van der Waals surface area contributed by atoms with E-state index in [1.807, 2.05) is 18.2 Å². The molecule has 7 nitrogen and oxygen atoms in total. The lowest BCUT2D eigenvalue weighted by molar-refractivity contribution is 0.0778. The fraction of sp³-hybridized carbons (Fsp3) is 0.556. The number of hydrogen-bond acceptors (Lipinski definition) is 6. The van der Waals surface area contributed by atoms with Crippen molar-refractivity contribution in [3.05, 3.63) is 40.4 Å². The van der Waals surface area contributed by atoms with E-state index in [0.29, 0.717) is 28.2 Å². The van der Waals surface area contributed by atoms with E-state index in [-0.39, 0.29) is 17.6 Å². The van der Waals surface area contributed by atoms with Gasteiger partial charge in [0.1, 0.15) is 5.82 Å². The third-order valence-corrected chi connectivity index (χ3v) is 7.40. The maximum Gasteiger partial charge on any atom is 0.258 e. The highest BCUT2D eigenvalue weighted by atomic mass is 32.2. The Morgan fingerprint density at radius 1 is 1.19 bits per heavy atom. The van der Waals surface area contributed by atoms with Gasteiger partial charge in [-0.05, 0) is 25.5 Å². The third kappa shape index (κ3) is 3.41. The standard InChI is InChI=1S/C18H24N4O3S/c1-13(17-19-16-5-3-2-4-15(16)18(23)20-17)21-7-9-22(10-8-21)14-6-11-26(24,25)12-14/h2-5,13-14H,6-12H2,1H3,(H,19,20,23)/t13-,14+/m1/s1. The number of hydrogen-bond donors (Lipinski definition) is 1. The fourth-order valence-corrected chi connectivity index (χ4v) is 5.79. The van der Waals surface area contributed by atoms with Crippen molar-refractivity contribution < 1.29 is 8.42 Å². The molecule has 2 aliphatic heterocycles. The largest absolute Gasteiger partial charge is 0.309 e. The van der Waals surface area contributed by atoms with E-state index in [4.69, 9.17) is 0 Å². The van der Waals surface area contributed by atoms with Crippen molar-refractivity contribution in [1.82, 2.24) is 19.8 Å². The molecule has 2 aromatic rings. The van der Waals surface area contributed by atoms with Gasteiger partial charge in [-0.25, -0.2) is 13.4 Å². The molecule has 26 heavy (non-hydrogen) atoms. The fourth-order valence-electron chi connectivity index (χ4n) is 4.03. The zero-order valence-corrected chi connectivity index (χ0v) is 15.7. The summed E-state index contributed by atoms with van der Waals surface area (Å²) in [6.45, 7) is 5.44. The van der Waals surface area contributed by atoms with Gasteiger partial charge in [-0.1, -0.05) is 12.1 Å². The van der Waals surface area contributed by atoms with E-state index in [9.17, 15) is 13.2 Å². The van der Waals surface area contributed by atoms with Gasteiger partial charge in [0.25, 0.3) is 5.56 Å². The minimum atomic E-state index is -2.85. The molecule has 2 atom stereocenters. The van der Waals surface area contributed by atoms with Crippen molar-refractivity contribution in [2.45, 2.75) is 25.4 Å². The van der Waals surface area contributed by atoms with Gasteiger partial charge in [-0.15, -0.1) is 0 Å². The number of fused-ring (bicyclic) bond motifs is 1. The summed E-state index contributed by atoms with van der Waals surface area (Å²) in [5.74, 6) is 1.30. The molecule has 0 aliphatic carbocycles. The van der Waals surface area contributed by atoms with Crippen LogP contribution in [0.1, 0.15) is 25.2 Å². The highest BCUT2D eigenvalue weighted by Crippen LogP contribution is 2.23. The van der Waals surface area contributed by atoms with Crippen LogP contribution < -0.4 is 5.56 Å². The number of rotatable bonds is 3. The first-order chi connectivity index (χ1) is 12.4. The lowest BCUT2D eigenvalue weighted by Gasteiger charge is -2.39. The van der Waals surface area contributed by atoms with Crippen molar-refractivity contribution >= 4 is 20.7 Å². The first kappa shape index (κ1) is 17.6. The number of benzene rings is 1. The highest BCUT2D eigenvalue weighted by molar-refractivity contribution is 7.91. The second-order valence-corrected chi connectivity index (χ2v) is 9.50. The average Bonchev–Trinajstić information content (AvgIpc) is 3.01. The Bertz CT molecular complexity index is 964. The number of sulfone groups is 1. The smallest absolute Gasteiger partial charge is 0.258 e. The molecule has 1 N–H and O–H groups in total. The minimum Gasteiger partial charge on any atom is -0.309 e. The molecule has 8 heteroatoms. The molecular formula is C18H24N4O3S. The predicted molar refractivity (Wildman–Crippen MR) is 101 cm³/mol. The highest BCUT2D eigenvalue weighted by Gasteiger charge is 2.34. The third-order valence-electron chi connectivity index (χ3n) is 5.65. The summed E-state index contributed by atoms with van der Waals surface area (Å²) >= 11 is 0. The number of aromatic amines is 1. The summed E-state index contributed by atoms with van der Waals surface area (Å²) in [5, 5.41) is 0.607. The van der Waals surface area contributed by atoms with Crippen LogP contribution in [0.5, 0.6) is 0 Å². The van der Waals surface area contributed by atoms with Gasteiger partial charge in [-0.3, -0.25) is 14.6 Å². The van der Waals surface area contributed by atoms with Crippen LogP contribution in [0.3, 0.4) is 0 Å². The molecule has 1 aromatic heterocycles. The first-order valence-electron chi connectivity index (χ1n) is 9.10. The molecule has 0 unspecified atom stereocenters. The Morgan fingerprint density at radius 2 is 1.92 bits per heavy atom. The first-order valence-corrected chi connectivity index (χ1v) is 10.9. The molecule has 1 aromatic carbocycles. The average molecular weight is 376 g/mol. The number of nitrogens with one attached hydrogen (secondary N) is 1. The SMILES string of the molecule is C[C@H](c1nc2ccccc2c(=O)[nH]1)N1CCN([C@H]2CCS(=O)(=O)C2)CC1. The number of nitrogens with zero attached hydrogens (tertiary/aromatic N) is 3. The summed E-state index contributed by atoms with van der Waals surface area (Å²) in [4.78, 5) is 24.4. The molecule has 0 amide bonds. The van der Waals surface area contributed by atoms with Crippen LogP contribution in [0.25, 0.3) is 10.9 Å². The van der Waals surface area contributed by atoms with Crippen molar-refractivity contribution in [2.24, 2.45) is 0 Å². The van der Waals surface area contributed by atoms with Gasteiger partial charge in [0, 0.05) is 32.2 Å². The van der Waals surface area contributed by atoms with Gasteiger partial charge in [0.15, 0.2) is 9.84 Å². The van der Waals surface area contributed by atoms with Gasteiger partial charge in [0.2, 0.25) is 0 Å². The minimum absolute atomic E-state index is 0.0155. The second-order valence-electron chi connectivity index (χ2n) is 7.27. The summed E-state index contributed by atoms with van der Waals surface area (Å²) in [6.07, 6.45) is 0.747. The van der Waals surface area contributed by atoms with Crippen LogP contribution in [-0.2, 0) is 9.84 Å². The van der Waals surface area contributed by atoms with E-state index in [1.165, 1.54) is 0 Å². The molecule has 0 saturated carbocycles. The topological polar surface area (TPSA) is 86.4 Å². The van der Waals surface area contributed by atoms with E-state index >= 15 is 0 Å². The summed E-state index contributed by atoms with van der Waals surface area (Å²) in [5.41, 5.74) is 0.611. The molecule has 140 valence electrons. The van der Waals surface area contributed by atoms with Gasteiger partial charge in [-0.2, -0.15) is 0 Å². The van der Waals surface area contributed by atoms with Crippen molar-refractivity contribution in [3.63, 3.8) is 0 Å². The quantitative estimate of drug-likeness (QED) is 0.852. The number of aromatic nitrogens is 2. The molecule has 2 fully saturated rings. The number of piperazine rings is 1. The van der Waals surface area contributed by atoms with E-state index in [0.717, 1.165) is 32.6 Å². The van der Waals surface area contributed by atoms with Crippen molar-refractivity contribution in [1.29, 1.82) is 0 Å². The summed E-state index contributed by atoms with van der Waals surface area (Å²) < 4.78 is 23.4. The van der Waals surface area contributed by atoms with E-state index in [2.05, 4.69) is 26.7 Å². The van der Waals surface area contributed by atoms with E-state index in [1.54, 1.807) is 6.07 Å². The van der Waals surface area contributed by atoms with Gasteiger partial charge in [0.05, 0.1) is 28.5 Å². The molecule has 3 heterocycles. The second kappa shape index (κ2) is 6.75. The van der Waals surface area contributed by atoms with Crippen molar-refractivity contribution in [2.75, 3.05) is 37.7 Å². The van der Waals surface area contributed by atoms with Crippen molar-refractivity contribution in [3.8, 4) is 0 Å². The molecule has 0 spiro atoms. The van der Waals surface area contributed by atoms with Gasteiger partial charge >= 0.3 is 0 Å². The Hall–Kier alpha value is -1.77. The van der Waals surface area contributed by atoms with Crippen LogP contribution >= 0.6 is 0 Å². The lowest BCUT2D eigenvalue weighted by Crippen LogP contribution is -2.51. The summed E-state index contributed by atoms with van der Waals surface area (Å²) in [7, 11) is -2.85. The van der Waals surface area contributed by atoms with Crippen LogP contribution in [-0.4, -0.2) is 71.9 Å². The van der Waals surface area contributed by atoms with Crippen LogP contribution in [0.2, 0.25) is 0 Å². The Kier molecular flexibility index (Phi) is 4.58. The zero-order chi connectivity index (χ0) is 18.3. The molecule has 2 saturated heterocycles. The molecule has 0 bridgehead atoms.